The van der Waals surface area contributed by atoms with Crippen molar-refractivity contribution in [3.8, 4) is 0 Å². The van der Waals surface area contributed by atoms with E-state index in [-0.39, 0.29) is 10.6 Å². The highest BCUT2D eigenvalue weighted by Crippen LogP contribution is 2.37. The third-order valence-electron chi connectivity index (χ3n) is 1.43. The fraction of sp³-hybridized carbons (Fsp3) is 0.875. The third kappa shape index (κ3) is 4.46. The Morgan fingerprint density at radius 1 is 1.36 bits per heavy atom. The fourth-order valence-corrected chi connectivity index (χ4v) is 1.28. The van der Waals surface area contributed by atoms with E-state index in [9.17, 15) is 4.79 Å². The van der Waals surface area contributed by atoms with E-state index in [4.69, 9.17) is 19.4 Å². The van der Waals surface area contributed by atoms with Crippen LogP contribution in [-0.4, -0.2) is 13.1 Å². The van der Waals surface area contributed by atoms with Crippen LogP contribution >= 0.6 is 11.6 Å². The summed E-state index contributed by atoms with van der Waals surface area (Å²) in [7, 11) is 5.75. The smallest absolute Gasteiger partial charge is 0.227 e. The van der Waals surface area contributed by atoms with Gasteiger partial charge >= 0.3 is 0 Å². The fourth-order valence-electron chi connectivity index (χ4n) is 1.21. The summed E-state index contributed by atoms with van der Waals surface area (Å²) in [4.78, 5) is 10.9. The number of hydrogen-bond donors (Lipinski definition) is 0. The van der Waals surface area contributed by atoms with E-state index in [1.807, 2.05) is 13.8 Å². The van der Waals surface area contributed by atoms with Crippen molar-refractivity contribution in [3.63, 3.8) is 0 Å². The van der Waals surface area contributed by atoms with Gasteiger partial charge in [0.2, 0.25) is 5.24 Å². The van der Waals surface area contributed by atoms with Crippen molar-refractivity contribution >= 4 is 24.7 Å². The van der Waals surface area contributed by atoms with Gasteiger partial charge in [0.1, 0.15) is 0 Å². The summed E-state index contributed by atoms with van der Waals surface area (Å²) in [6.07, 6.45) is 0.600. The first-order chi connectivity index (χ1) is 4.65. The monoisotopic (exact) mass is 172 g/mol. The molecule has 0 aliphatic carbocycles. The van der Waals surface area contributed by atoms with Crippen LogP contribution in [0.5, 0.6) is 0 Å². The van der Waals surface area contributed by atoms with Gasteiger partial charge in [-0.15, -0.1) is 0 Å². The van der Waals surface area contributed by atoms with Gasteiger partial charge in [0.25, 0.3) is 0 Å². The number of carbonyl (C=O) groups is 1. The lowest BCUT2D eigenvalue weighted by molar-refractivity contribution is -0.119. The van der Waals surface area contributed by atoms with Crippen LogP contribution in [0.25, 0.3) is 0 Å². The topological polar surface area (TPSA) is 17.1 Å². The Morgan fingerprint density at radius 3 is 1.82 bits per heavy atom. The van der Waals surface area contributed by atoms with E-state index < -0.39 is 5.41 Å². The molecule has 0 rings (SSSR count). The predicted molar refractivity (Wildman–Crippen MR) is 49.1 cm³/mol. The first-order valence-electron chi connectivity index (χ1n) is 3.64. The maximum absolute atomic E-state index is 10.9. The summed E-state index contributed by atoms with van der Waals surface area (Å²) in [5, 5.41) is -0.662. The van der Waals surface area contributed by atoms with Crippen molar-refractivity contribution in [1.29, 1.82) is 0 Å². The molecule has 2 radical (unpaired) electrons. The van der Waals surface area contributed by atoms with Gasteiger partial charge in [-0.25, -0.2) is 0 Å². The zero-order valence-electron chi connectivity index (χ0n) is 7.57. The van der Waals surface area contributed by atoms with E-state index in [1.165, 1.54) is 0 Å². The molecule has 0 aliphatic heterocycles. The van der Waals surface area contributed by atoms with E-state index in [2.05, 4.69) is 0 Å². The Morgan fingerprint density at radius 2 is 1.73 bits per heavy atom. The van der Waals surface area contributed by atoms with Crippen LogP contribution in [0.15, 0.2) is 0 Å². The summed E-state index contributed by atoms with van der Waals surface area (Å²) < 4.78 is 0. The average molecular weight is 172 g/mol. The molecule has 0 spiro atoms. The lowest BCUT2D eigenvalue weighted by Crippen LogP contribution is -2.24. The molecule has 0 heterocycles. The summed E-state index contributed by atoms with van der Waals surface area (Å²) >= 11 is 5.38. The highest BCUT2D eigenvalue weighted by atomic mass is 35.5. The second kappa shape index (κ2) is 3.18. The van der Waals surface area contributed by atoms with Gasteiger partial charge in [-0.1, -0.05) is 33.0 Å². The van der Waals surface area contributed by atoms with E-state index in [1.54, 1.807) is 13.8 Å². The van der Waals surface area contributed by atoms with E-state index in [0.29, 0.717) is 6.42 Å². The lowest BCUT2D eigenvalue weighted by Gasteiger charge is -2.29. The predicted octanol–water partition coefficient (Wildman–Crippen LogP) is 2.54. The molecule has 62 valence electrons. The minimum absolute atomic E-state index is 0.323. The maximum atomic E-state index is 10.9. The molecule has 0 amide bonds. The molecule has 0 saturated carbocycles. The van der Waals surface area contributed by atoms with Gasteiger partial charge in [0.15, 0.2) is 0 Å². The second-order valence-electron chi connectivity index (χ2n) is 4.32. The minimum atomic E-state index is -0.514. The summed E-state index contributed by atoms with van der Waals surface area (Å²) in [6, 6.07) is 0. The molecule has 0 aliphatic rings. The molecular weight excluding hydrogens is 158 g/mol. The Kier molecular flexibility index (Phi) is 3.19. The first kappa shape index (κ1) is 11.0. The summed E-state index contributed by atoms with van der Waals surface area (Å²) in [5.41, 5.74) is -0.514. The molecule has 1 nitrogen and oxygen atoms in total. The molecule has 0 bridgehead atoms. The van der Waals surface area contributed by atoms with Gasteiger partial charge in [-0.2, -0.15) is 0 Å². The van der Waals surface area contributed by atoms with Crippen molar-refractivity contribution in [2.24, 2.45) is 5.41 Å². The number of carbonyl (C=O) groups excluding carboxylic acids is 1. The van der Waals surface area contributed by atoms with E-state index >= 15 is 0 Å². The van der Waals surface area contributed by atoms with Crippen molar-refractivity contribution in [3.05, 3.63) is 0 Å². The molecule has 0 fully saturated rings. The molecule has 0 aromatic carbocycles. The molecule has 0 aromatic heterocycles. The molecule has 0 aromatic rings. The zero-order valence-corrected chi connectivity index (χ0v) is 8.33. The van der Waals surface area contributed by atoms with Gasteiger partial charge in [-0.3, -0.25) is 4.79 Å². The van der Waals surface area contributed by atoms with Crippen LogP contribution in [0.4, 0.5) is 0 Å². The summed E-state index contributed by atoms with van der Waals surface area (Å²) in [6.45, 7) is 7.37. The van der Waals surface area contributed by atoms with Crippen molar-refractivity contribution in [2.45, 2.75) is 39.4 Å². The second-order valence-corrected chi connectivity index (χ2v) is 4.67. The quantitative estimate of drug-likeness (QED) is 0.472. The Balaban J connectivity index is 4.25. The van der Waals surface area contributed by atoms with Crippen molar-refractivity contribution in [1.82, 2.24) is 0 Å². The maximum Gasteiger partial charge on any atom is 0.227 e. The normalized spacial score (nSPS) is 13.2. The van der Waals surface area contributed by atoms with Crippen LogP contribution in [0, 0.1) is 5.41 Å². The van der Waals surface area contributed by atoms with E-state index in [0.717, 1.165) is 0 Å². The van der Waals surface area contributed by atoms with Gasteiger partial charge in [0, 0.05) is 5.41 Å². The van der Waals surface area contributed by atoms with Crippen molar-refractivity contribution < 1.29 is 4.79 Å². The minimum Gasteiger partial charge on any atom is -0.281 e. The average Bonchev–Trinajstić information content (AvgIpc) is 1.56. The number of halogens is 1. The largest absolute Gasteiger partial charge is 0.281 e. The standard InChI is InChI=1S/C8H14BClO/c1-7(2,6(10)11)5-8(3,4)9/h5H2,1-4H3. The molecule has 3 heteroatoms. The third-order valence-corrected chi connectivity index (χ3v) is 1.94. The van der Waals surface area contributed by atoms with Crippen LogP contribution in [0.2, 0.25) is 5.31 Å². The highest BCUT2D eigenvalue weighted by Gasteiger charge is 2.30. The Bertz CT molecular complexity index is 158. The summed E-state index contributed by atoms with van der Waals surface area (Å²) in [5.74, 6) is 0. The molecule has 0 unspecified atom stereocenters. The first-order valence-corrected chi connectivity index (χ1v) is 4.02. The zero-order chi connectivity index (χ0) is 9.28. The van der Waals surface area contributed by atoms with Crippen LogP contribution in [-0.2, 0) is 4.79 Å². The molecule has 0 atom stereocenters. The highest BCUT2D eigenvalue weighted by molar-refractivity contribution is 6.64. The van der Waals surface area contributed by atoms with Crippen LogP contribution < -0.4 is 0 Å². The Hall–Kier alpha value is 0.0249. The van der Waals surface area contributed by atoms with Gasteiger partial charge in [0.05, 0.1) is 7.85 Å². The Labute approximate surface area is 74.9 Å². The number of rotatable bonds is 3. The molecule has 0 N–H and O–H groups in total. The molecule has 0 saturated heterocycles. The molecular formula is C8H14BClO. The van der Waals surface area contributed by atoms with Crippen LogP contribution in [0.1, 0.15) is 34.1 Å². The molecule has 11 heavy (non-hydrogen) atoms. The van der Waals surface area contributed by atoms with Gasteiger partial charge < -0.3 is 0 Å². The SMILES string of the molecule is [B]C(C)(C)CC(C)(C)C(=O)Cl. The number of hydrogen-bond acceptors (Lipinski definition) is 1. The van der Waals surface area contributed by atoms with Crippen LogP contribution in [0.3, 0.4) is 0 Å². The van der Waals surface area contributed by atoms with Gasteiger partial charge in [-0.05, 0) is 18.0 Å². The van der Waals surface area contributed by atoms with Crippen molar-refractivity contribution in [2.75, 3.05) is 0 Å². The lowest BCUT2D eigenvalue weighted by atomic mass is 9.64.